The standard InChI is InChI=1S/C12H16Cl2O2S/c1-7(2)11(15)3-4-17-8-5-9(13)12(16)10(14)6-8/h5-7,11,15-16H,3-4H2,1-2H3. The summed E-state index contributed by atoms with van der Waals surface area (Å²) in [6.45, 7) is 3.98. The van der Waals surface area contributed by atoms with Crippen molar-refractivity contribution in [2.75, 3.05) is 5.75 Å². The number of halogens is 2. The molecule has 2 N–H and O–H groups in total. The number of hydrogen-bond acceptors (Lipinski definition) is 3. The van der Waals surface area contributed by atoms with E-state index in [4.69, 9.17) is 23.2 Å². The summed E-state index contributed by atoms with van der Waals surface area (Å²) in [5.41, 5.74) is 0. The number of aliphatic hydroxyl groups excluding tert-OH is 1. The van der Waals surface area contributed by atoms with E-state index in [0.717, 1.165) is 17.1 Å². The first kappa shape index (κ1) is 15.0. The first-order valence-corrected chi connectivity index (χ1v) is 7.15. The van der Waals surface area contributed by atoms with Gasteiger partial charge >= 0.3 is 0 Å². The highest BCUT2D eigenvalue weighted by Gasteiger charge is 2.10. The second-order valence-electron chi connectivity index (χ2n) is 4.18. The summed E-state index contributed by atoms with van der Waals surface area (Å²) in [6, 6.07) is 3.35. The highest BCUT2D eigenvalue weighted by atomic mass is 35.5. The zero-order chi connectivity index (χ0) is 13.0. The van der Waals surface area contributed by atoms with Crippen molar-refractivity contribution in [3.8, 4) is 5.75 Å². The Labute approximate surface area is 116 Å². The monoisotopic (exact) mass is 294 g/mol. The highest BCUT2D eigenvalue weighted by molar-refractivity contribution is 7.99. The quantitative estimate of drug-likeness (QED) is 0.800. The van der Waals surface area contributed by atoms with Crippen molar-refractivity contribution in [2.45, 2.75) is 31.3 Å². The number of hydrogen-bond donors (Lipinski definition) is 2. The van der Waals surface area contributed by atoms with Crippen LogP contribution in [0.2, 0.25) is 10.0 Å². The smallest absolute Gasteiger partial charge is 0.152 e. The Kier molecular flexibility index (Phi) is 5.93. The number of phenolic OH excluding ortho intramolecular Hbond substituents is 1. The molecular weight excluding hydrogens is 279 g/mol. The van der Waals surface area contributed by atoms with E-state index >= 15 is 0 Å². The second kappa shape index (κ2) is 6.74. The minimum Gasteiger partial charge on any atom is -0.505 e. The summed E-state index contributed by atoms with van der Waals surface area (Å²) in [7, 11) is 0. The third-order valence-corrected chi connectivity index (χ3v) is 4.03. The molecule has 0 saturated carbocycles. The molecule has 0 saturated heterocycles. The number of aromatic hydroxyl groups is 1. The van der Waals surface area contributed by atoms with Crippen molar-refractivity contribution in [3.05, 3.63) is 22.2 Å². The maximum absolute atomic E-state index is 9.65. The van der Waals surface area contributed by atoms with Crippen LogP contribution >= 0.6 is 35.0 Å². The molecule has 1 rings (SSSR count). The molecule has 96 valence electrons. The maximum atomic E-state index is 9.65. The lowest BCUT2D eigenvalue weighted by molar-refractivity contribution is 0.123. The van der Waals surface area contributed by atoms with Gasteiger partial charge in [-0.2, -0.15) is 0 Å². The molecule has 0 radical (unpaired) electrons. The first-order chi connectivity index (χ1) is 7.91. The zero-order valence-electron chi connectivity index (χ0n) is 9.78. The summed E-state index contributed by atoms with van der Waals surface area (Å²) in [6.07, 6.45) is 0.434. The van der Waals surface area contributed by atoms with Crippen molar-refractivity contribution < 1.29 is 10.2 Å². The lowest BCUT2D eigenvalue weighted by atomic mass is 10.1. The predicted molar refractivity (Wildman–Crippen MR) is 74.3 cm³/mol. The summed E-state index contributed by atoms with van der Waals surface area (Å²) < 4.78 is 0. The van der Waals surface area contributed by atoms with Gasteiger partial charge in [0.05, 0.1) is 16.1 Å². The van der Waals surface area contributed by atoms with Crippen LogP contribution in [0.4, 0.5) is 0 Å². The van der Waals surface area contributed by atoms with E-state index in [1.807, 2.05) is 13.8 Å². The molecular formula is C12H16Cl2O2S. The molecule has 0 aromatic heterocycles. The van der Waals surface area contributed by atoms with Crippen molar-refractivity contribution in [2.24, 2.45) is 5.92 Å². The molecule has 1 aromatic rings. The molecule has 0 aliphatic carbocycles. The van der Waals surface area contributed by atoms with Gasteiger partial charge in [0, 0.05) is 10.6 Å². The van der Waals surface area contributed by atoms with Crippen LogP contribution in [0, 0.1) is 5.92 Å². The zero-order valence-corrected chi connectivity index (χ0v) is 12.1. The van der Waals surface area contributed by atoms with Gasteiger partial charge in [0.15, 0.2) is 5.75 Å². The van der Waals surface area contributed by atoms with Gasteiger partial charge in [0.2, 0.25) is 0 Å². The Balaban J connectivity index is 2.53. The minimum atomic E-state index is -0.287. The van der Waals surface area contributed by atoms with Gasteiger partial charge in [-0.1, -0.05) is 37.0 Å². The fourth-order valence-corrected chi connectivity index (χ4v) is 2.87. The van der Waals surface area contributed by atoms with E-state index in [0.29, 0.717) is 0 Å². The highest BCUT2D eigenvalue weighted by Crippen LogP contribution is 2.36. The van der Waals surface area contributed by atoms with Gasteiger partial charge in [-0.25, -0.2) is 0 Å². The van der Waals surface area contributed by atoms with Gasteiger partial charge in [0.25, 0.3) is 0 Å². The van der Waals surface area contributed by atoms with Crippen LogP contribution in [-0.2, 0) is 0 Å². The Morgan fingerprint density at radius 2 is 1.76 bits per heavy atom. The summed E-state index contributed by atoms with van der Waals surface area (Å²) in [5, 5.41) is 19.6. The number of thioether (sulfide) groups is 1. The van der Waals surface area contributed by atoms with E-state index in [9.17, 15) is 10.2 Å². The van der Waals surface area contributed by atoms with Crippen LogP contribution in [0.15, 0.2) is 17.0 Å². The average molecular weight is 295 g/mol. The van der Waals surface area contributed by atoms with Gasteiger partial charge in [-0.15, -0.1) is 11.8 Å². The molecule has 0 aliphatic heterocycles. The van der Waals surface area contributed by atoms with Crippen LogP contribution in [-0.4, -0.2) is 22.1 Å². The van der Waals surface area contributed by atoms with Crippen molar-refractivity contribution in [3.63, 3.8) is 0 Å². The molecule has 0 amide bonds. The largest absolute Gasteiger partial charge is 0.505 e. The Morgan fingerprint density at radius 1 is 1.24 bits per heavy atom. The Morgan fingerprint density at radius 3 is 2.24 bits per heavy atom. The molecule has 0 spiro atoms. The number of aliphatic hydroxyl groups is 1. The summed E-state index contributed by atoms with van der Waals surface area (Å²) in [4.78, 5) is 0.897. The lowest BCUT2D eigenvalue weighted by Gasteiger charge is -2.13. The van der Waals surface area contributed by atoms with E-state index < -0.39 is 0 Å². The molecule has 0 fully saturated rings. The minimum absolute atomic E-state index is 0.0834. The van der Waals surface area contributed by atoms with E-state index in [1.165, 1.54) is 0 Å². The molecule has 2 nitrogen and oxygen atoms in total. The number of benzene rings is 1. The van der Waals surface area contributed by atoms with Gasteiger partial charge in [-0.3, -0.25) is 0 Å². The van der Waals surface area contributed by atoms with E-state index in [-0.39, 0.29) is 27.8 Å². The Hall–Kier alpha value is -0.0900. The third-order valence-electron chi connectivity index (χ3n) is 2.44. The number of rotatable bonds is 5. The summed E-state index contributed by atoms with van der Waals surface area (Å²) >= 11 is 13.2. The third kappa shape index (κ3) is 4.59. The fraction of sp³-hybridized carbons (Fsp3) is 0.500. The first-order valence-electron chi connectivity index (χ1n) is 5.40. The lowest BCUT2D eigenvalue weighted by Crippen LogP contribution is -2.15. The van der Waals surface area contributed by atoms with Gasteiger partial charge in [-0.05, 0) is 24.5 Å². The fourth-order valence-electron chi connectivity index (χ4n) is 1.26. The predicted octanol–water partition coefficient (Wildman–Crippen LogP) is 4.20. The molecule has 17 heavy (non-hydrogen) atoms. The Bertz CT molecular complexity index is 360. The van der Waals surface area contributed by atoms with Crippen LogP contribution in [0.5, 0.6) is 5.75 Å². The van der Waals surface area contributed by atoms with Crippen molar-refractivity contribution >= 4 is 35.0 Å². The van der Waals surface area contributed by atoms with Gasteiger partial charge in [0.1, 0.15) is 0 Å². The molecule has 0 aliphatic rings. The second-order valence-corrected chi connectivity index (χ2v) is 6.17. The molecule has 0 bridgehead atoms. The molecule has 1 atom stereocenters. The molecule has 0 heterocycles. The van der Waals surface area contributed by atoms with Crippen molar-refractivity contribution in [1.82, 2.24) is 0 Å². The molecule has 1 unspecified atom stereocenters. The van der Waals surface area contributed by atoms with Crippen LogP contribution < -0.4 is 0 Å². The SMILES string of the molecule is CC(C)C(O)CCSc1cc(Cl)c(O)c(Cl)c1. The van der Waals surface area contributed by atoms with Crippen molar-refractivity contribution in [1.29, 1.82) is 0 Å². The average Bonchev–Trinajstić information content (AvgIpc) is 2.25. The molecule has 1 aromatic carbocycles. The number of phenols is 1. The van der Waals surface area contributed by atoms with E-state index in [1.54, 1.807) is 23.9 Å². The van der Waals surface area contributed by atoms with Gasteiger partial charge < -0.3 is 10.2 Å². The van der Waals surface area contributed by atoms with E-state index in [2.05, 4.69) is 0 Å². The summed E-state index contributed by atoms with van der Waals surface area (Å²) in [5.74, 6) is 0.971. The van der Waals surface area contributed by atoms with Crippen LogP contribution in [0.25, 0.3) is 0 Å². The topological polar surface area (TPSA) is 40.5 Å². The normalized spacial score (nSPS) is 13.1. The maximum Gasteiger partial charge on any atom is 0.152 e. The van der Waals surface area contributed by atoms with Crippen LogP contribution in [0.1, 0.15) is 20.3 Å². The molecule has 5 heteroatoms. The van der Waals surface area contributed by atoms with Crippen LogP contribution in [0.3, 0.4) is 0 Å².